The van der Waals surface area contributed by atoms with E-state index in [4.69, 9.17) is 4.74 Å². The molecule has 24 heavy (non-hydrogen) atoms. The number of hydrogen-bond donors (Lipinski definition) is 2. The van der Waals surface area contributed by atoms with E-state index in [1.54, 1.807) is 7.11 Å². The molecular formula is C18H30ClN3O2. The van der Waals surface area contributed by atoms with Crippen LogP contribution >= 0.6 is 12.4 Å². The molecule has 1 aliphatic heterocycles. The van der Waals surface area contributed by atoms with Gasteiger partial charge in [-0.2, -0.15) is 0 Å². The van der Waals surface area contributed by atoms with Crippen LogP contribution in [0.3, 0.4) is 0 Å². The molecule has 2 rings (SSSR count). The number of halogens is 1. The second-order valence-corrected chi connectivity index (χ2v) is 6.04. The topological polar surface area (TPSA) is 53.6 Å². The number of rotatable bonds is 8. The fraction of sp³-hybridized carbons (Fsp3) is 0.611. The van der Waals surface area contributed by atoms with Crippen LogP contribution in [0.25, 0.3) is 0 Å². The molecule has 136 valence electrons. The van der Waals surface area contributed by atoms with Gasteiger partial charge in [0.15, 0.2) is 0 Å². The summed E-state index contributed by atoms with van der Waals surface area (Å²) in [6.45, 7) is 6.23. The lowest BCUT2D eigenvalue weighted by molar-refractivity contribution is -0.123. The molecule has 2 N–H and O–H groups in total. The number of piperidine rings is 1. The Labute approximate surface area is 151 Å². The molecule has 0 aliphatic carbocycles. The van der Waals surface area contributed by atoms with Gasteiger partial charge in [-0.05, 0) is 45.0 Å². The lowest BCUT2D eigenvalue weighted by atomic mass is 10.0. The second-order valence-electron chi connectivity index (χ2n) is 6.04. The van der Waals surface area contributed by atoms with Crippen molar-refractivity contribution in [3.8, 4) is 5.75 Å². The van der Waals surface area contributed by atoms with E-state index in [1.165, 1.54) is 0 Å². The summed E-state index contributed by atoms with van der Waals surface area (Å²) in [6.07, 6.45) is 3.32. The maximum atomic E-state index is 12.3. The van der Waals surface area contributed by atoms with Gasteiger partial charge in [-0.1, -0.05) is 25.1 Å². The minimum absolute atomic E-state index is 0. The number of nitrogens with zero attached hydrogens (tertiary/aromatic N) is 1. The minimum Gasteiger partial charge on any atom is -0.496 e. The first-order chi connectivity index (χ1) is 11.2. The number of carbonyl (C=O) groups excluding carboxylic acids is 1. The largest absolute Gasteiger partial charge is 0.496 e. The van der Waals surface area contributed by atoms with E-state index in [9.17, 15) is 4.79 Å². The number of para-hydroxylation sites is 1. The van der Waals surface area contributed by atoms with Crippen molar-refractivity contribution in [1.29, 1.82) is 0 Å². The van der Waals surface area contributed by atoms with E-state index in [1.807, 2.05) is 24.3 Å². The van der Waals surface area contributed by atoms with Crippen molar-refractivity contribution in [2.45, 2.75) is 38.8 Å². The highest BCUT2D eigenvalue weighted by Crippen LogP contribution is 2.17. The Morgan fingerprint density at radius 3 is 2.71 bits per heavy atom. The summed E-state index contributed by atoms with van der Waals surface area (Å²) in [7, 11) is 1.65. The van der Waals surface area contributed by atoms with E-state index < -0.39 is 0 Å². The third kappa shape index (κ3) is 6.30. The zero-order valence-corrected chi connectivity index (χ0v) is 15.5. The second kappa shape index (κ2) is 11.3. The van der Waals surface area contributed by atoms with E-state index in [2.05, 4.69) is 22.5 Å². The average molecular weight is 356 g/mol. The number of ether oxygens (including phenoxy) is 1. The molecule has 5 nitrogen and oxygen atoms in total. The maximum Gasteiger partial charge on any atom is 0.234 e. The first kappa shape index (κ1) is 20.7. The number of hydrogen-bond acceptors (Lipinski definition) is 4. The van der Waals surface area contributed by atoms with Gasteiger partial charge in [-0.3, -0.25) is 9.69 Å². The third-order valence-corrected chi connectivity index (χ3v) is 4.35. The number of carbonyl (C=O) groups is 1. The standard InChI is InChI=1S/C18H29N3O2.ClH/c1-3-12-21(16-8-10-19-11-9-16)14-18(22)20-13-15-6-4-5-7-17(15)23-2;/h4-7,16,19H,3,8-14H2,1-2H3,(H,20,22);1H. The number of methoxy groups -OCH3 is 1. The summed E-state index contributed by atoms with van der Waals surface area (Å²) in [4.78, 5) is 14.7. The van der Waals surface area contributed by atoms with Gasteiger partial charge >= 0.3 is 0 Å². The van der Waals surface area contributed by atoms with Crippen molar-refractivity contribution in [2.24, 2.45) is 0 Å². The first-order valence-electron chi connectivity index (χ1n) is 8.58. The molecule has 6 heteroatoms. The van der Waals surface area contributed by atoms with Gasteiger partial charge in [0.1, 0.15) is 5.75 Å². The highest BCUT2D eigenvalue weighted by atomic mass is 35.5. The van der Waals surface area contributed by atoms with Crippen LogP contribution in [0, 0.1) is 0 Å². The molecule has 1 aromatic carbocycles. The maximum absolute atomic E-state index is 12.3. The smallest absolute Gasteiger partial charge is 0.234 e. The zero-order chi connectivity index (χ0) is 16.5. The predicted molar refractivity (Wildman–Crippen MR) is 99.8 cm³/mol. The van der Waals surface area contributed by atoms with Crippen molar-refractivity contribution in [1.82, 2.24) is 15.5 Å². The molecule has 0 aromatic heterocycles. The fourth-order valence-corrected chi connectivity index (χ4v) is 3.13. The van der Waals surface area contributed by atoms with Gasteiger partial charge < -0.3 is 15.4 Å². The highest BCUT2D eigenvalue weighted by molar-refractivity contribution is 5.85. The zero-order valence-electron chi connectivity index (χ0n) is 14.7. The van der Waals surface area contributed by atoms with Crippen molar-refractivity contribution < 1.29 is 9.53 Å². The summed E-state index contributed by atoms with van der Waals surface area (Å²) in [5.41, 5.74) is 1.01. The molecular weight excluding hydrogens is 326 g/mol. The summed E-state index contributed by atoms with van der Waals surface area (Å²) in [5, 5.41) is 6.41. The number of benzene rings is 1. The Bertz CT molecular complexity index is 493. The number of nitrogens with one attached hydrogen (secondary N) is 2. The molecule has 0 atom stereocenters. The van der Waals surface area contributed by atoms with Crippen LogP contribution in [0.15, 0.2) is 24.3 Å². The fourth-order valence-electron chi connectivity index (χ4n) is 3.13. The number of amides is 1. The summed E-state index contributed by atoms with van der Waals surface area (Å²) >= 11 is 0. The van der Waals surface area contributed by atoms with Crippen molar-refractivity contribution in [2.75, 3.05) is 33.3 Å². The lowest BCUT2D eigenvalue weighted by Crippen LogP contribution is -2.47. The van der Waals surface area contributed by atoms with Gasteiger partial charge in [-0.25, -0.2) is 0 Å². The average Bonchev–Trinajstić information content (AvgIpc) is 2.60. The quantitative estimate of drug-likeness (QED) is 0.750. The van der Waals surface area contributed by atoms with Crippen molar-refractivity contribution >= 4 is 18.3 Å². The van der Waals surface area contributed by atoms with E-state index in [0.29, 0.717) is 19.1 Å². The first-order valence-corrected chi connectivity index (χ1v) is 8.58. The van der Waals surface area contributed by atoms with E-state index >= 15 is 0 Å². The van der Waals surface area contributed by atoms with E-state index in [0.717, 1.165) is 50.2 Å². The highest BCUT2D eigenvalue weighted by Gasteiger charge is 2.22. The Morgan fingerprint density at radius 2 is 2.04 bits per heavy atom. The molecule has 1 fully saturated rings. The Kier molecular flexibility index (Phi) is 9.76. The summed E-state index contributed by atoms with van der Waals surface area (Å²) < 4.78 is 5.32. The van der Waals surface area contributed by atoms with E-state index in [-0.39, 0.29) is 18.3 Å². The van der Waals surface area contributed by atoms with Gasteiger partial charge in [0.05, 0.1) is 13.7 Å². The summed E-state index contributed by atoms with van der Waals surface area (Å²) in [5.74, 6) is 0.902. The lowest BCUT2D eigenvalue weighted by Gasteiger charge is -2.34. The Morgan fingerprint density at radius 1 is 1.33 bits per heavy atom. The van der Waals surface area contributed by atoms with Crippen LogP contribution in [-0.2, 0) is 11.3 Å². The minimum atomic E-state index is 0. The van der Waals surface area contributed by atoms with Crippen molar-refractivity contribution in [3.63, 3.8) is 0 Å². The summed E-state index contributed by atoms with van der Waals surface area (Å²) in [6, 6.07) is 8.32. The van der Waals surface area contributed by atoms with Crippen LogP contribution in [0.4, 0.5) is 0 Å². The normalized spacial score (nSPS) is 15.0. The van der Waals surface area contributed by atoms with Crippen LogP contribution in [0.1, 0.15) is 31.7 Å². The van der Waals surface area contributed by atoms with Crippen LogP contribution in [-0.4, -0.2) is 50.1 Å². The molecule has 0 unspecified atom stereocenters. The van der Waals surface area contributed by atoms with Crippen LogP contribution in [0.2, 0.25) is 0 Å². The van der Waals surface area contributed by atoms with Crippen molar-refractivity contribution in [3.05, 3.63) is 29.8 Å². The molecule has 0 radical (unpaired) electrons. The molecule has 1 amide bonds. The SMILES string of the molecule is CCCN(CC(=O)NCc1ccccc1OC)C1CCNCC1.Cl. The third-order valence-electron chi connectivity index (χ3n) is 4.35. The van der Waals surface area contributed by atoms with Crippen LogP contribution in [0.5, 0.6) is 5.75 Å². The molecule has 0 bridgehead atoms. The Hall–Kier alpha value is -1.30. The molecule has 0 saturated carbocycles. The van der Waals surface area contributed by atoms with Gasteiger partial charge in [0.2, 0.25) is 5.91 Å². The predicted octanol–water partition coefficient (Wildman–Crippen LogP) is 2.20. The molecule has 0 spiro atoms. The monoisotopic (exact) mass is 355 g/mol. The van der Waals surface area contributed by atoms with Crippen LogP contribution < -0.4 is 15.4 Å². The molecule has 1 saturated heterocycles. The Balaban J connectivity index is 0.00000288. The van der Waals surface area contributed by atoms with Gasteiger partial charge in [0.25, 0.3) is 0 Å². The molecule has 1 aliphatic rings. The van der Waals surface area contributed by atoms with Gasteiger partial charge in [0, 0.05) is 18.2 Å². The molecule has 1 heterocycles. The van der Waals surface area contributed by atoms with Gasteiger partial charge in [-0.15, -0.1) is 12.4 Å². The molecule has 1 aromatic rings.